The molecule has 0 aromatic heterocycles. The summed E-state index contributed by atoms with van der Waals surface area (Å²) in [5.74, 6) is 1.34. The topological polar surface area (TPSA) is 90.0 Å². The molecule has 0 N–H and O–H groups in total. The predicted octanol–water partition coefficient (Wildman–Crippen LogP) is 3.86. The Hall–Kier alpha value is -1.60. The Bertz CT molecular complexity index is 927. The van der Waals surface area contributed by atoms with Crippen molar-refractivity contribution in [1.82, 2.24) is 4.90 Å². The summed E-state index contributed by atoms with van der Waals surface area (Å²) in [7, 11) is 0. The van der Waals surface area contributed by atoms with Gasteiger partial charge in [0.15, 0.2) is 0 Å². The third-order valence-corrected chi connectivity index (χ3v) is 11.5. The second-order valence-corrected chi connectivity index (χ2v) is 13.1. The van der Waals surface area contributed by atoms with Crippen LogP contribution in [0, 0.1) is 46.3 Å². The highest BCUT2D eigenvalue weighted by Crippen LogP contribution is 2.66. The van der Waals surface area contributed by atoms with Crippen molar-refractivity contribution >= 4 is 23.3 Å². The molecule has 0 bridgehead atoms. The molecule has 4 saturated carbocycles. The van der Waals surface area contributed by atoms with Crippen LogP contribution in [0.3, 0.4) is 0 Å². The van der Waals surface area contributed by atoms with Crippen molar-refractivity contribution in [3.63, 3.8) is 0 Å². The summed E-state index contributed by atoms with van der Waals surface area (Å²) >= 11 is 0. The Labute approximate surface area is 221 Å². The van der Waals surface area contributed by atoms with E-state index in [0.717, 1.165) is 52.1 Å². The van der Waals surface area contributed by atoms with E-state index in [9.17, 15) is 19.2 Å². The van der Waals surface area contributed by atoms with Gasteiger partial charge in [-0.15, -0.1) is 0 Å². The third kappa shape index (κ3) is 4.84. The van der Waals surface area contributed by atoms with Gasteiger partial charge in [-0.2, -0.15) is 0 Å². The minimum absolute atomic E-state index is 0.0560. The number of morpholine rings is 1. The highest BCUT2D eigenvalue weighted by Gasteiger charge is 2.66. The van der Waals surface area contributed by atoms with Crippen LogP contribution in [-0.2, 0) is 28.7 Å². The lowest BCUT2D eigenvalue weighted by Gasteiger charge is -2.58. The largest absolute Gasteiger partial charge is 0.464 e. The first-order valence-corrected chi connectivity index (χ1v) is 14.7. The molecule has 1 saturated heterocycles. The maximum Gasteiger partial charge on any atom is 0.305 e. The molecule has 0 spiro atoms. The highest BCUT2D eigenvalue weighted by atomic mass is 16.5. The van der Waals surface area contributed by atoms with Gasteiger partial charge in [0, 0.05) is 63.1 Å². The SMILES string of the molecule is CC(CCC(=O)OCCN1CCOCC1)[C@H]1CCC2[C@@H]3C(=O)C[C@@H]4CC(=O)CC[C@]4(C)C3CC(=O)[C@@]21C. The van der Waals surface area contributed by atoms with Crippen LogP contribution in [0.2, 0.25) is 0 Å². The summed E-state index contributed by atoms with van der Waals surface area (Å²) < 4.78 is 10.9. The van der Waals surface area contributed by atoms with Crippen molar-refractivity contribution in [2.75, 3.05) is 39.5 Å². The summed E-state index contributed by atoms with van der Waals surface area (Å²) in [6.07, 6.45) is 5.80. The van der Waals surface area contributed by atoms with E-state index in [4.69, 9.17) is 9.47 Å². The zero-order chi connectivity index (χ0) is 26.4. The van der Waals surface area contributed by atoms with Gasteiger partial charge in [-0.05, 0) is 60.7 Å². The summed E-state index contributed by atoms with van der Waals surface area (Å²) in [6.45, 7) is 10.9. The maximum absolute atomic E-state index is 13.9. The number of ketones is 3. The Morgan fingerprint density at radius 3 is 2.59 bits per heavy atom. The number of fused-ring (bicyclic) bond motifs is 5. The molecule has 1 heterocycles. The number of carbonyl (C=O) groups excluding carboxylic acids is 4. The minimum atomic E-state index is -0.496. The van der Waals surface area contributed by atoms with Crippen molar-refractivity contribution in [3.8, 4) is 0 Å². The molecule has 5 fully saturated rings. The Balaban J connectivity index is 1.20. The molecule has 5 aliphatic rings. The summed E-state index contributed by atoms with van der Waals surface area (Å²) in [6, 6.07) is 0. The van der Waals surface area contributed by atoms with Crippen molar-refractivity contribution in [2.24, 2.45) is 46.3 Å². The summed E-state index contributed by atoms with van der Waals surface area (Å²) in [5.41, 5.74) is -0.581. The monoisotopic (exact) mass is 515 g/mol. The van der Waals surface area contributed by atoms with Crippen LogP contribution in [0.15, 0.2) is 0 Å². The van der Waals surface area contributed by atoms with Gasteiger partial charge in [-0.1, -0.05) is 20.8 Å². The van der Waals surface area contributed by atoms with Crippen LogP contribution in [0.25, 0.3) is 0 Å². The number of hydrogen-bond acceptors (Lipinski definition) is 7. The number of ether oxygens (including phenoxy) is 2. The molecule has 5 rings (SSSR count). The van der Waals surface area contributed by atoms with Gasteiger partial charge in [0.1, 0.15) is 24.0 Å². The number of hydrogen-bond donors (Lipinski definition) is 0. The van der Waals surface area contributed by atoms with E-state index in [1.165, 1.54) is 0 Å². The van der Waals surface area contributed by atoms with Crippen molar-refractivity contribution in [1.29, 1.82) is 0 Å². The van der Waals surface area contributed by atoms with Crippen LogP contribution < -0.4 is 0 Å². The molecule has 0 radical (unpaired) electrons. The second-order valence-electron chi connectivity index (χ2n) is 13.1. The Kier molecular flexibility index (Phi) is 7.67. The quantitative estimate of drug-likeness (QED) is 0.476. The zero-order valence-electron chi connectivity index (χ0n) is 23.0. The molecule has 1 aliphatic heterocycles. The predicted molar refractivity (Wildman–Crippen MR) is 138 cm³/mol. The van der Waals surface area contributed by atoms with Crippen LogP contribution in [0.1, 0.15) is 78.6 Å². The van der Waals surface area contributed by atoms with Crippen LogP contribution in [0.4, 0.5) is 0 Å². The van der Waals surface area contributed by atoms with E-state index in [-0.39, 0.29) is 52.7 Å². The fourth-order valence-corrected chi connectivity index (χ4v) is 9.12. The number of Topliss-reactive ketones (excluding diaryl/α,β-unsaturated/α-hetero) is 3. The van der Waals surface area contributed by atoms with Gasteiger partial charge in [0.05, 0.1) is 13.2 Å². The molecule has 0 amide bonds. The summed E-state index contributed by atoms with van der Waals surface area (Å²) in [4.78, 5) is 54.3. The molecule has 7 heteroatoms. The second kappa shape index (κ2) is 10.5. The Morgan fingerprint density at radius 2 is 1.84 bits per heavy atom. The Morgan fingerprint density at radius 1 is 1.08 bits per heavy atom. The lowest BCUT2D eigenvalue weighted by molar-refractivity contribution is -0.166. The molecule has 8 atom stereocenters. The van der Waals surface area contributed by atoms with Gasteiger partial charge in [0.2, 0.25) is 0 Å². The van der Waals surface area contributed by atoms with Crippen LogP contribution >= 0.6 is 0 Å². The van der Waals surface area contributed by atoms with E-state index in [0.29, 0.717) is 56.7 Å². The van der Waals surface area contributed by atoms with Crippen molar-refractivity contribution in [2.45, 2.75) is 78.6 Å². The number of esters is 1. The molecule has 37 heavy (non-hydrogen) atoms. The van der Waals surface area contributed by atoms with E-state index in [1.807, 2.05) is 0 Å². The smallest absolute Gasteiger partial charge is 0.305 e. The van der Waals surface area contributed by atoms with E-state index >= 15 is 0 Å². The molecule has 0 aromatic rings. The highest BCUT2D eigenvalue weighted by molar-refractivity contribution is 5.93. The third-order valence-electron chi connectivity index (χ3n) is 11.5. The average molecular weight is 516 g/mol. The molecular formula is C30H45NO6. The zero-order valence-corrected chi connectivity index (χ0v) is 23.0. The van der Waals surface area contributed by atoms with E-state index < -0.39 is 5.41 Å². The average Bonchev–Trinajstić information content (AvgIpc) is 3.23. The fraction of sp³-hybridized carbons (Fsp3) is 0.867. The molecule has 3 unspecified atom stereocenters. The van der Waals surface area contributed by atoms with Crippen molar-refractivity contribution in [3.05, 3.63) is 0 Å². The van der Waals surface area contributed by atoms with Gasteiger partial charge in [-0.3, -0.25) is 24.1 Å². The number of carbonyl (C=O) groups is 4. The van der Waals surface area contributed by atoms with Gasteiger partial charge < -0.3 is 9.47 Å². The van der Waals surface area contributed by atoms with E-state index in [1.54, 1.807) is 0 Å². The fourth-order valence-electron chi connectivity index (χ4n) is 9.12. The molecule has 206 valence electrons. The minimum Gasteiger partial charge on any atom is -0.464 e. The first-order chi connectivity index (χ1) is 17.6. The molecule has 4 aliphatic carbocycles. The van der Waals surface area contributed by atoms with Gasteiger partial charge in [0.25, 0.3) is 0 Å². The first kappa shape index (κ1) is 27.0. The van der Waals surface area contributed by atoms with E-state index in [2.05, 4.69) is 25.7 Å². The number of nitrogens with zero attached hydrogens (tertiary/aromatic N) is 1. The van der Waals surface area contributed by atoms with Gasteiger partial charge in [-0.25, -0.2) is 0 Å². The van der Waals surface area contributed by atoms with Crippen LogP contribution in [0.5, 0.6) is 0 Å². The lowest BCUT2D eigenvalue weighted by Crippen LogP contribution is -2.60. The molecular weight excluding hydrogens is 470 g/mol. The molecule has 7 nitrogen and oxygen atoms in total. The number of rotatable bonds is 7. The van der Waals surface area contributed by atoms with Crippen LogP contribution in [-0.4, -0.2) is 67.7 Å². The maximum atomic E-state index is 13.9. The molecule has 0 aromatic carbocycles. The van der Waals surface area contributed by atoms with Gasteiger partial charge >= 0.3 is 5.97 Å². The summed E-state index contributed by atoms with van der Waals surface area (Å²) in [5, 5.41) is 0. The van der Waals surface area contributed by atoms with Crippen molar-refractivity contribution < 1.29 is 28.7 Å². The normalized spacial score (nSPS) is 41.1. The first-order valence-electron chi connectivity index (χ1n) is 14.7. The lowest BCUT2D eigenvalue weighted by atomic mass is 9.44. The standard InChI is InChI=1S/C30H45NO6/c1-19(4-7-27(35)37-15-12-31-10-13-36-14-11-31)22-5-6-23-28-24(18-26(34)30(22,23)3)29(2)9-8-21(32)16-20(29)17-25(28)33/h19-20,22-24,28H,4-18H2,1-3H3/t19?,20-,22+,23?,24?,28-,29-,30+/m0/s1.